The fraction of sp³-hybridized carbons (Fsp3) is 0.615. The summed E-state index contributed by atoms with van der Waals surface area (Å²) in [4.78, 5) is 38.2. The van der Waals surface area contributed by atoms with Gasteiger partial charge in [0, 0.05) is 18.7 Å². The van der Waals surface area contributed by atoms with Gasteiger partial charge in [0.1, 0.15) is 6.54 Å². The Morgan fingerprint density at radius 3 is 3.00 bits per heavy atom. The zero-order chi connectivity index (χ0) is 14.3. The molecule has 2 N–H and O–H groups in total. The van der Waals surface area contributed by atoms with Gasteiger partial charge >= 0.3 is 12.0 Å². The van der Waals surface area contributed by atoms with E-state index in [1.165, 1.54) is 4.90 Å². The second kappa shape index (κ2) is 4.81. The molecule has 0 aromatic rings. The van der Waals surface area contributed by atoms with E-state index in [2.05, 4.69) is 5.32 Å². The lowest BCUT2D eigenvalue weighted by Crippen LogP contribution is -2.48. The highest BCUT2D eigenvalue weighted by Gasteiger charge is 2.49. The third kappa shape index (κ3) is 2.03. The second-order valence-corrected chi connectivity index (χ2v) is 5.40. The number of hydrogen-bond donors (Lipinski definition) is 2. The van der Waals surface area contributed by atoms with Crippen LogP contribution in [0.1, 0.15) is 25.7 Å². The molecule has 108 valence electrons. The van der Waals surface area contributed by atoms with Crippen LogP contribution < -0.4 is 5.32 Å². The molecule has 1 aliphatic carbocycles. The van der Waals surface area contributed by atoms with Crippen LogP contribution >= 0.6 is 0 Å². The van der Waals surface area contributed by atoms with Gasteiger partial charge in [0.15, 0.2) is 0 Å². The molecule has 3 rings (SSSR count). The summed E-state index contributed by atoms with van der Waals surface area (Å²) in [6.45, 7) is 0.221. The number of urea groups is 1. The summed E-state index contributed by atoms with van der Waals surface area (Å²) < 4.78 is 0. The minimum absolute atomic E-state index is 0.0271. The Morgan fingerprint density at radius 1 is 1.45 bits per heavy atom. The quantitative estimate of drug-likeness (QED) is 0.752. The van der Waals surface area contributed by atoms with Gasteiger partial charge in [0.05, 0.1) is 12.1 Å². The fourth-order valence-electron chi connectivity index (χ4n) is 3.35. The lowest BCUT2D eigenvalue weighted by atomic mass is 9.92. The number of carboxylic acid groups (broad SMARTS) is 1. The molecule has 7 nitrogen and oxygen atoms in total. The van der Waals surface area contributed by atoms with Gasteiger partial charge in [0.25, 0.3) is 0 Å². The average Bonchev–Trinajstić information content (AvgIpc) is 2.62. The van der Waals surface area contributed by atoms with Crippen molar-refractivity contribution in [1.29, 1.82) is 0 Å². The fourth-order valence-corrected chi connectivity index (χ4v) is 3.35. The molecule has 3 amide bonds. The highest BCUT2D eigenvalue weighted by Crippen LogP contribution is 2.34. The predicted molar refractivity (Wildman–Crippen MR) is 68.7 cm³/mol. The molecular weight excluding hydrogens is 262 g/mol. The average molecular weight is 279 g/mol. The van der Waals surface area contributed by atoms with Crippen molar-refractivity contribution in [3.8, 4) is 0 Å². The maximum absolute atomic E-state index is 12.4. The summed E-state index contributed by atoms with van der Waals surface area (Å²) in [5.41, 5.74) is 0.757. The number of hydrogen-bond acceptors (Lipinski definition) is 3. The third-order valence-electron chi connectivity index (χ3n) is 4.13. The number of carbonyl (C=O) groups is 3. The Hall–Kier alpha value is -2.05. The molecule has 20 heavy (non-hydrogen) atoms. The van der Waals surface area contributed by atoms with Crippen LogP contribution in [0.15, 0.2) is 11.8 Å². The number of carbonyl (C=O) groups excluding carboxylic acids is 2. The van der Waals surface area contributed by atoms with Crippen LogP contribution in [0.25, 0.3) is 0 Å². The van der Waals surface area contributed by atoms with Crippen molar-refractivity contribution in [1.82, 2.24) is 15.1 Å². The smallest absolute Gasteiger partial charge is 0.323 e. The summed E-state index contributed by atoms with van der Waals surface area (Å²) in [5.74, 6) is -1.03. The number of amides is 3. The first-order chi connectivity index (χ1) is 9.58. The molecule has 2 fully saturated rings. The van der Waals surface area contributed by atoms with E-state index in [9.17, 15) is 14.4 Å². The van der Waals surface area contributed by atoms with Crippen molar-refractivity contribution in [3.05, 3.63) is 11.8 Å². The molecule has 0 aromatic heterocycles. The molecule has 0 radical (unpaired) electrons. The van der Waals surface area contributed by atoms with Crippen LogP contribution in [0.2, 0.25) is 0 Å². The lowest BCUT2D eigenvalue weighted by molar-refractivity contribution is -0.138. The first-order valence-corrected chi connectivity index (χ1v) is 6.87. The van der Waals surface area contributed by atoms with E-state index in [0.29, 0.717) is 19.4 Å². The Bertz CT molecular complexity index is 502. The van der Waals surface area contributed by atoms with Crippen molar-refractivity contribution in [2.45, 2.75) is 37.8 Å². The van der Waals surface area contributed by atoms with Gasteiger partial charge in [-0.15, -0.1) is 0 Å². The highest BCUT2D eigenvalue weighted by molar-refractivity contribution is 5.85. The summed E-state index contributed by atoms with van der Waals surface area (Å²) in [6, 6.07) is -0.594. The zero-order valence-corrected chi connectivity index (χ0v) is 11.0. The topological polar surface area (TPSA) is 90.0 Å². The van der Waals surface area contributed by atoms with Gasteiger partial charge in [-0.2, -0.15) is 0 Å². The summed E-state index contributed by atoms with van der Waals surface area (Å²) in [7, 11) is 0. The van der Waals surface area contributed by atoms with Crippen molar-refractivity contribution < 1.29 is 19.5 Å². The maximum Gasteiger partial charge on any atom is 0.323 e. The van der Waals surface area contributed by atoms with E-state index in [1.807, 2.05) is 6.08 Å². The Kier molecular flexibility index (Phi) is 3.11. The molecule has 0 bridgehead atoms. The van der Waals surface area contributed by atoms with Gasteiger partial charge in [-0.05, 0) is 19.3 Å². The summed E-state index contributed by atoms with van der Waals surface area (Å²) in [6.07, 6.45) is 4.43. The van der Waals surface area contributed by atoms with Crippen molar-refractivity contribution in [2.24, 2.45) is 0 Å². The molecule has 3 aliphatic rings. The monoisotopic (exact) mass is 279 g/mol. The molecule has 0 aromatic carbocycles. The second-order valence-electron chi connectivity index (χ2n) is 5.40. The first kappa shape index (κ1) is 13.0. The number of aliphatic carboxylic acids is 1. The molecule has 0 spiro atoms. The normalized spacial score (nSPS) is 29.3. The lowest BCUT2D eigenvalue weighted by Gasteiger charge is -2.34. The Balaban J connectivity index is 1.93. The largest absolute Gasteiger partial charge is 0.480 e. The number of carboxylic acids is 1. The minimum Gasteiger partial charge on any atom is -0.480 e. The van der Waals surface area contributed by atoms with Crippen LogP contribution in [-0.2, 0) is 9.59 Å². The van der Waals surface area contributed by atoms with Crippen LogP contribution in [0.3, 0.4) is 0 Å². The highest BCUT2D eigenvalue weighted by atomic mass is 16.4. The number of rotatable bonds is 2. The number of nitrogens with one attached hydrogen (secondary N) is 1. The van der Waals surface area contributed by atoms with Crippen molar-refractivity contribution in [3.63, 3.8) is 0 Å². The van der Waals surface area contributed by atoms with Crippen LogP contribution in [-0.4, -0.2) is 58.0 Å². The predicted octanol–water partition coefficient (Wildman–Crippen LogP) is 0.133. The molecule has 2 unspecified atom stereocenters. The number of allylic oxidation sites excluding steroid dienone is 1. The van der Waals surface area contributed by atoms with Crippen molar-refractivity contribution in [2.75, 3.05) is 13.1 Å². The summed E-state index contributed by atoms with van der Waals surface area (Å²) in [5, 5.41) is 11.8. The Labute approximate surface area is 116 Å². The van der Waals surface area contributed by atoms with E-state index in [0.717, 1.165) is 18.5 Å². The van der Waals surface area contributed by atoms with Crippen LogP contribution in [0.4, 0.5) is 4.79 Å². The molecule has 7 heteroatoms. The van der Waals surface area contributed by atoms with Gasteiger partial charge in [-0.3, -0.25) is 9.59 Å². The van der Waals surface area contributed by atoms with E-state index in [4.69, 9.17) is 5.11 Å². The third-order valence-corrected chi connectivity index (χ3v) is 4.13. The molecule has 2 atom stereocenters. The van der Waals surface area contributed by atoms with Gasteiger partial charge in [-0.1, -0.05) is 6.08 Å². The molecule has 2 aliphatic heterocycles. The van der Waals surface area contributed by atoms with E-state index in [-0.39, 0.29) is 30.6 Å². The van der Waals surface area contributed by atoms with E-state index in [1.54, 1.807) is 4.90 Å². The Morgan fingerprint density at radius 2 is 2.25 bits per heavy atom. The van der Waals surface area contributed by atoms with Gasteiger partial charge < -0.3 is 20.2 Å². The molecule has 2 heterocycles. The molecule has 0 saturated carbocycles. The number of nitrogens with zero attached hydrogens (tertiary/aromatic N) is 2. The molecule has 2 saturated heterocycles. The maximum atomic E-state index is 12.4. The van der Waals surface area contributed by atoms with E-state index >= 15 is 0 Å². The van der Waals surface area contributed by atoms with Crippen molar-refractivity contribution >= 4 is 17.9 Å². The zero-order valence-electron chi connectivity index (χ0n) is 11.0. The van der Waals surface area contributed by atoms with Crippen LogP contribution in [0, 0.1) is 0 Å². The molecular formula is C13H17N3O4. The standard InChI is InChI=1S/C13H17N3O4/c17-10-5-2-6-15-12-8(14-10)3-1-4-9(12)16(13(15)20)7-11(18)19/h3,9,12H,1-2,4-7H2,(H,14,17)(H,18,19). The van der Waals surface area contributed by atoms with Gasteiger partial charge in [0.2, 0.25) is 5.91 Å². The minimum atomic E-state index is -1.01. The van der Waals surface area contributed by atoms with Gasteiger partial charge in [-0.25, -0.2) is 4.79 Å². The van der Waals surface area contributed by atoms with E-state index < -0.39 is 5.97 Å². The summed E-state index contributed by atoms with van der Waals surface area (Å²) >= 11 is 0. The van der Waals surface area contributed by atoms with Crippen LogP contribution in [0.5, 0.6) is 0 Å². The SMILES string of the molecule is O=C(O)CN1C(=O)N2CCCC(=O)NC3=CCCC1C32. The first-order valence-electron chi connectivity index (χ1n) is 6.87.